The van der Waals surface area contributed by atoms with Crippen LogP contribution in [0.25, 0.3) is 0 Å². The summed E-state index contributed by atoms with van der Waals surface area (Å²) < 4.78 is 29.7. The van der Waals surface area contributed by atoms with E-state index in [4.69, 9.17) is 34.4 Å². The van der Waals surface area contributed by atoms with Crippen LogP contribution in [0.15, 0.2) is 56.4 Å². The van der Waals surface area contributed by atoms with Crippen LogP contribution in [0.1, 0.15) is 59.5 Å². The second kappa shape index (κ2) is 23.4. The molecule has 0 saturated carbocycles. The lowest BCUT2D eigenvalue weighted by molar-refractivity contribution is -0.117. The number of aliphatic imine (C=N–C) groups is 2. The number of unbranched alkanes of at least 4 members (excludes halogenated alkanes) is 2. The molecule has 1 heterocycles. The fourth-order valence-electron chi connectivity index (χ4n) is 4.81. The molecule has 56 heavy (non-hydrogen) atoms. The Labute approximate surface area is 330 Å². The standard InChI is InChI=1S/C34H46F2N14O4S2/c35-19-13-21(47-27(51)5-1-3-9-43-33(39)40)29(55-11-7-37)23(15-19)49-31(53)25-17-26(46-18-45-25)32(54)50-24-16-20(36)14-22(30(24)56-12-8-38)48-28(52)6-2-4-10-44-34(41)42/h13-18H,1-12,37-38H2,(H,47,51)(H,48,52)(H,49,53)(H,50,54)(H4,39,40,43)(H4,41,42,44). The third-order valence-corrected chi connectivity index (χ3v) is 9.56. The Morgan fingerprint density at radius 1 is 0.589 bits per heavy atom. The molecule has 0 fully saturated rings. The first-order chi connectivity index (χ1) is 26.8. The number of hydrogen-bond acceptors (Lipinski definition) is 12. The van der Waals surface area contributed by atoms with Gasteiger partial charge in [0.1, 0.15) is 29.3 Å². The second-order valence-electron chi connectivity index (χ2n) is 11.8. The molecule has 16 N–H and O–H groups in total. The minimum Gasteiger partial charge on any atom is -0.370 e. The molecular formula is C34H46F2N14O4S2. The highest BCUT2D eigenvalue weighted by Crippen LogP contribution is 2.37. The van der Waals surface area contributed by atoms with Crippen molar-refractivity contribution in [1.82, 2.24) is 9.97 Å². The van der Waals surface area contributed by atoms with Crippen LogP contribution >= 0.6 is 23.5 Å². The number of rotatable bonds is 22. The molecule has 0 bridgehead atoms. The van der Waals surface area contributed by atoms with Crippen LogP contribution in [0.3, 0.4) is 0 Å². The summed E-state index contributed by atoms with van der Waals surface area (Å²) in [5, 5.41) is 10.6. The van der Waals surface area contributed by atoms with Crippen LogP contribution < -0.4 is 55.7 Å². The minimum absolute atomic E-state index is 0.0193. The van der Waals surface area contributed by atoms with Gasteiger partial charge in [0.05, 0.1) is 32.5 Å². The summed E-state index contributed by atoms with van der Waals surface area (Å²) in [5.74, 6) is -3.32. The number of carbonyl (C=O) groups excluding carboxylic acids is 4. The molecule has 0 atom stereocenters. The quantitative estimate of drug-likeness (QED) is 0.0301. The molecule has 0 aliphatic carbocycles. The highest BCUT2D eigenvalue weighted by atomic mass is 32.2. The average molecular weight is 817 g/mol. The van der Waals surface area contributed by atoms with Crippen molar-refractivity contribution >= 4 is 81.8 Å². The van der Waals surface area contributed by atoms with Gasteiger partial charge in [-0.15, -0.1) is 23.5 Å². The Bertz CT molecular complexity index is 1780. The Morgan fingerprint density at radius 2 is 0.964 bits per heavy atom. The van der Waals surface area contributed by atoms with Gasteiger partial charge in [-0.05, 0) is 49.9 Å². The van der Waals surface area contributed by atoms with E-state index >= 15 is 0 Å². The second-order valence-corrected chi connectivity index (χ2v) is 14.0. The zero-order valence-electron chi connectivity index (χ0n) is 30.4. The van der Waals surface area contributed by atoms with Crippen molar-refractivity contribution in [1.29, 1.82) is 0 Å². The summed E-state index contributed by atoms with van der Waals surface area (Å²) >= 11 is 2.36. The van der Waals surface area contributed by atoms with Gasteiger partial charge in [0.25, 0.3) is 11.8 Å². The number of amides is 4. The van der Waals surface area contributed by atoms with E-state index in [0.717, 1.165) is 36.7 Å². The molecule has 18 nitrogen and oxygen atoms in total. The molecular weight excluding hydrogens is 771 g/mol. The third kappa shape index (κ3) is 15.3. The molecule has 3 rings (SSSR count). The van der Waals surface area contributed by atoms with Gasteiger partial charge in [0.15, 0.2) is 11.9 Å². The number of anilines is 4. The number of nitrogens with two attached hydrogens (primary N) is 6. The molecule has 0 spiro atoms. The topological polar surface area (TPSA) is 323 Å². The lowest BCUT2D eigenvalue weighted by atomic mass is 10.2. The molecule has 1 aromatic heterocycles. The molecule has 0 saturated heterocycles. The van der Waals surface area contributed by atoms with Crippen LogP contribution in [0.2, 0.25) is 0 Å². The third-order valence-electron chi connectivity index (χ3n) is 7.23. The van der Waals surface area contributed by atoms with Crippen molar-refractivity contribution in [3.8, 4) is 0 Å². The van der Waals surface area contributed by atoms with Crippen molar-refractivity contribution in [2.75, 3.05) is 59.0 Å². The van der Waals surface area contributed by atoms with Crippen LogP contribution in [-0.2, 0) is 9.59 Å². The number of hydrogen-bond donors (Lipinski definition) is 10. The fourth-order valence-corrected chi connectivity index (χ4v) is 6.51. The number of nitrogens with one attached hydrogen (secondary N) is 4. The molecule has 3 aromatic rings. The van der Waals surface area contributed by atoms with Crippen LogP contribution in [0.4, 0.5) is 31.5 Å². The van der Waals surface area contributed by atoms with Crippen molar-refractivity contribution in [3.05, 3.63) is 59.7 Å². The molecule has 2 aromatic carbocycles. The van der Waals surface area contributed by atoms with E-state index < -0.39 is 35.3 Å². The van der Waals surface area contributed by atoms with E-state index in [0.29, 0.717) is 60.1 Å². The smallest absolute Gasteiger partial charge is 0.274 e. The SMILES string of the molecule is NCCSc1c(NC(=O)CCCCN=C(N)N)cc(F)cc1NC(=O)c1cc(C(=O)Nc2cc(F)cc(NC(=O)CCCCN=C(N)N)c2SCCN)ncn1. The number of aromatic nitrogens is 2. The summed E-state index contributed by atoms with van der Waals surface area (Å²) in [6.45, 7) is 1.18. The van der Waals surface area contributed by atoms with E-state index in [9.17, 15) is 28.0 Å². The van der Waals surface area contributed by atoms with Crippen molar-refractivity contribution in [2.45, 2.75) is 48.3 Å². The number of nitrogens with zero attached hydrogens (tertiary/aromatic N) is 4. The van der Waals surface area contributed by atoms with Gasteiger partial charge in [-0.3, -0.25) is 29.2 Å². The summed E-state index contributed by atoms with van der Waals surface area (Å²) in [4.78, 5) is 68.7. The van der Waals surface area contributed by atoms with Gasteiger partial charge in [-0.2, -0.15) is 0 Å². The van der Waals surface area contributed by atoms with Gasteiger partial charge < -0.3 is 55.7 Å². The van der Waals surface area contributed by atoms with Crippen LogP contribution in [-0.4, -0.2) is 83.2 Å². The minimum atomic E-state index is -0.827. The van der Waals surface area contributed by atoms with E-state index in [1.165, 1.54) is 23.5 Å². The van der Waals surface area contributed by atoms with Gasteiger partial charge >= 0.3 is 0 Å². The van der Waals surface area contributed by atoms with Crippen molar-refractivity contribution in [3.63, 3.8) is 0 Å². The average Bonchev–Trinajstić information content (AvgIpc) is 3.13. The summed E-state index contributed by atoms with van der Waals surface area (Å²) in [6.07, 6.45) is 3.20. The normalized spacial score (nSPS) is 10.6. The van der Waals surface area contributed by atoms with E-state index in [1.54, 1.807) is 0 Å². The van der Waals surface area contributed by atoms with Crippen LogP contribution in [0.5, 0.6) is 0 Å². The predicted molar refractivity (Wildman–Crippen MR) is 217 cm³/mol. The van der Waals surface area contributed by atoms with Gasteiger partial charge in [0.2, 0.25) is 11.8 Å². The maximum Gasteiger partial charge on any atom is 0.274 e. The molecule has 0 aliphatic rings. The van der Waals surface area contributed by atoms with E-state index in [2.05, 4.69) is 41.2 Å². The predicted octanol–water partition coefficient (Wildman–Crippen LogP) is 2.13. The number of halogens is 2. The van der Waals surface area contributed by atoms with Crippen molar-refractivity contribution in [2.24, 2.45) is 44.4 Å². The Balaban J connectivity index is 1.80. The number of guanidine groups is 2. The zero-order chi connectivity index (χ0) is 41.0. The Hall–Kier alpha value is -5.58. The highest BCUT2D eigenvalue weighted by molar-refractivity contribution is 7.99. The molecule has 302 valence electrons. The largest absolute Gasteiger partial charge is 0.370 e. The van der Waals surface area contributed by atoms with E-state index in [1.807, 2.05) is 0 Å². The first-order valence-electron chi connectivity index (χ1n) is 17.3. The Kier molecular flexibility index (Phi) is 18.7. The first-order valence-corrected chi connectivity index (χ1v) is 19.3. The Morgan fingerprint density at radius 3 is 1.32 bits per heavy atom. The molecule has 0 aliphatic heterocycles. The highest BCUT2D eigenvalue weighted by Gasteiger charge is 2.21. The first kappa shape index (κ1) is 44.8. The van der Waals surface area contributed by atoms with Crippen LogP contribution in [0, 0.1) is 11.6 Å². The number of benzene rings is 2. The lowest BCUT2D eigenvalue weighted by Gasteiger charge is -2.17. The van der Waals surface area contributed by atoms with Gasteiger partial charge in [0, 0.05) is 56.6 Å². The maximum absolute atomic E-state index is 14.9. The lowest BCUT2D eigenvalue weighted by Crippen LogP contribution is -2.23. The number of thioether (sulfide) groups is 2. The molecule has 0 unspecified atom stereocenters. The van der Waals surface area contributed by atoms with Gasteiger partial charge in [-0.25, -0.2) is 18.7 Å². The molecule has 4 amide bonds. The number of carbonyl (C=O) groups is 4. The van der Waals surface area contributed by atoms with Gasteiger partial charge in [-0.1, -0.05) is 0 Å². The molecule has 22 heteroatoms. The summed E-state index contributed by atoms with van der Waals surface area (Å²) in [6, 6.07) is 5.49. The summed E-state index contributed by atoms with van der Waals surface area (Å²) in [7, 11) is 0. The fraction of sp³-hybridized carbons (Fsp3) is 0.353. The van der Waals surface area contributed by atoms with Crippen molar-refractivity contribution < 1.29 is 28.0 Å². The maximum atomic E-state index is 14.9. The summed E-state index contributed by atoms with van der Waals surface area (Å²) in [5.41, 5.74) is 32.4. The zero-order valence-corrected chi connectivity index (χ0v) is 32.0. The molecule has 0 radical (unpaired) electrons. The van der Waals surface area contributed by atoms with E-state index in [-0.39, 0.29) is 72.0 Å². The monoisotopic (exact) mass is 816 g/mol.